The van der Waals surface area contributed by atoms with Crippen molar-refractivity contribution in [2.45, 2.75) is 46.1 Å². The highest BCUT2D eigenvalue weighted by molar-refractivity contribution is 5.95. The van der Waals surface area contributed by atoms with Gasteiger partial charge in [0.25, 0.3) is 0 Å². The molecule has 0 N–H and O–H groups in total. The maximum absolute atomic E-state index is 12.3. The Bertz CT molecular complexity index is 572. The van der Waals surface area contributed by atoms with Crippen LogP contribution in [-0.4, -0.2) is 25.0 Å². The lowest BCUT2D eigenvalue weighted by Gasteiger charge is -2.49. The van der Waals surface area contributed by atoms with Crippen LogP contribution >= 0.6 is 0 Å². The third-order valence-electron chi connectivity index (χ3n) is 5.49. The topological polar surface area (TPSA) is 52.6 Å². The van der Waals surface area contributed by atoms with Crippen LogP contribution in [0.5, 0.6) is 0 Å². The third-order valence-corrected chi connectivity index (χ3v) is 5.49. The van der Waals surface area contributed by atoms with E-state index < -0.39 is 0 Å². The number of esters is 1. The summed E-state index contributed by atoms with van der Waals surface area (Å²) in [6.07, 6.45) is 6.56. The quantitative estimate of drug-likeness (QED) is 0.344. The van der Waals surface area contributed by atoms with Gasteiger partial charge in [0.05, 0.1) is 19.4 Å². The fourth-order valence-electron chi connectivity index (χ4n) is 3.78. The molecule has 0 aromatic heterocycles. The fraction of sp³-hybridized carbons (Fsp3) is 0.579. The molecule has 2 rings (SSSR count). The van der Waals surface area contributed by atoms with Crippen molar-refractivity contribution in [2.24, 2.45) is 17.3 Å². The Morgan fingerprint density at radius 1 is 1.48 bits per heavy atom. The Morgan fingerprint density at radius 2 is 2.17 bits per heavy atom. The normalized spacial score (nSPS) is 33.8. The van der Waals surface area contributed by atoms with Crippen molar-refractivity contribution in [1.29, 1.82) is 0 Å². The SMILES string of the molecule is C=C(C)C1CC2(C)C(=CC1=O)CCC(OC(=O)C=COC)C2C. The summed E-state index contributed by atoms with van der Waals surface area (Å²) >= 11 is 0. The van der Waals surface area contributed by atoms with E-state index in [0.29, 0.717) is 0 Å². The molecule has 1 fully saturated rings. The van der Waals surface area contributed by atoms with Gasteiger partial charge in [-0.2, -0.15) is 0 Å². The van der Waals surface area contributed by atoms with Gasteiger partial charge in [-0.05, 0) is 37.7 Å². The van der Waals surface area contributed by atoms with Crippen LogP contribution in [0.25, 0.3) is 0 Å². The molecular weight excluding hydrogens is 292 g/mol. The van der Waals surface area contributed by atoms with Crippen LogP contribution in [0.2, 0.25) is 0 Å². The zero-order valence-corrected chi connectivity index (χ0v) is 14.4. The summed E-state index contributed by atoms with van der Waals surface area (Å²) in [6, 6.07) is 0. The Balaban J connectivity index is 2.20. The zero-order valence-electron chi connectivity index (χ0n) is 14.4. The summed E-state index contributed by atoms with van der Waals surface area (Å²) in [5.41, 5.74) is 1.96. The molecule has 0 heterocycles. The largest absolute Gasteiger partial charge is 0.504 e. The van der Waals surface area contributed by atoms with E-state index in [4.69, 9.17) is 9.47 Å². The highest BCUT2D eigenvalue weighted by atomic mass is 16.5. The van der Waals surface area contributed by atoms with E-state index in [1.807, 2.05) is 13.0 Å². The van der Waals surface area contributed by atoms with Crippen molar-refractivity contribution >= 4 is 11.8 Å². The van der Waals surface area contributed by atoms with E-state index in [2.05, 4.69) is 20.4 Å². The molecule has 0 saturated heterocycles. The van der Waals surface area contributed by atoms with Crippen LogP contribution in [0.3, 0.4) is 0 Å². The molecule has 4 nitrogen and oxygen atoms in total. The van der Waals surface area contributed by atoms with Gasteiger partial charge in [-0.1, -0.05) is 31.6 Å². The minimum absolute atomic E-state index is 0.131. The molecule has 2 aliphatic rings. The molecule has 0 radical (unpaired) electrons. The molecule has 0 amide bonds. The smallest absolute Gasteiger partial charge is 0.334 e. The molecule has 4 atom stereocenters. The van der Waals surface area contributed by atoms with E-state index in [-0.39, 0.29) is 35.1 Å². The van der Waals surface area contributed by atoms with E-state index in [1.165, 1.54) is 25.0 Å². The fourth-order valence-corrected chi connectivity index (χ4v) is 3.78. The summed E-state index contributed by atoms with van der Waals surface area (Å²) in [5.74, 6) is -0.204. The number of fused-ring (bicyclic) bond motifs is 1. The van der Waals surface area contributed by atoms with Gasteiger partial charge in [-0.15, -0.1) is 0 Å². The Hall–Kier alpha value is -1.84. The van der Waals surface area contributed by atoms with Gasteiger partial charge < -0.3 is 9.47 Å². The summed E-state index contributed by atoms with van der Waals surface area (Å²) in [4.78, 5) is 24.1. The Kier molecular flexibility index (Phi) is 5.12. The van der Waals surface area contributed by atoms with Crippen LogP contribution in [0, 0.1) is 17.3 Å². The van der Waals surface area contributed by atoms with Gasteiger partial charge in [0.15, 0.2) is 5.78 Å². The molecule has 0 spiro atoms. The number of allylic oxidation sites excluding steroid dienone is 3. The number of ketones is 1. The minimum atomic E-state index is -0.386. The van der Waals surface area contributed by atoms with E-state index in [0.717, 1.165) is 24.8 Å². The molecule has 0 aromatic rings. The van der Waals surface area contributed by atoms with Gasteiger partial charge >= 0.3 is 5.97 Å². The lowest BCUT2D eigenvalue weighted by Crippen LogP contribution is -2.46. The van der Waals surface area contributed by atoms with Gasteiger partial charge in [0.2, 0.25) is 0 Å². The van der Waals surface area contributed by atoms with Crippen molar-refractivity contribution in [3.8, 4) is 0 Å². The molecule has 4 heteroatoms. The average Bonchev–Trinajstić information content (AvgIpc) is 2.49. The van der Waals surface area contributed by atoms with Crippen LogP contribution in [0.15, 0.2) is 36.1 Å². The molecule has 0 aliphatic heterocycles. The monoisotopic (exact) mass is 318 g/mol. The average molecular weight is 318 g/mol. The first kappa shape index (κ1) is 17.5. The first-order chi connectivity index (χ1) is 10.8. The highest BCUT2D eigenvalue weighted by Gasteiger charge is 2.48. The van der Waals surface area contributed by atoms with Crippen LogP contribution < -0.4 is 0 Å². The van der Waals surface area contributed by atoms with Crippen molar-refractivity contribution in [3.05, 3.63) is 36.1 Å². The summed E-state index contributed by atoms with van der Waals surface area (Å²) < 4.78 is 10.4. The molecule has 0 bridgehead atoms. The number of carbonyl (C=O) groups is 2. The van der Waals surface area contributed by atoms with Gasteiger partial charge in [-0.3, -0.25) is 4.79 Å². The number of carbonyl (C=O) groups excluding carboxylic acids is 2. The van der Waals surface area contributed by atoms with E-state index >= 15 is 0 Å². The zero-order chi connectivity index (χ0) is 17.2. The summed E-state index contributed by atoms with van der Waals surface area (Å²) in [5, 5.41) is 0. The number of ether oxygens (including phenoxy) is 2. The minimum Gasteiger partial charge on any atom is -0.504 e. The summed E-state index contributed by atoms with van der Waals surface area (Å²) in [7, 11) is 1.49. The Morgan fingerprint density at radius 3 is 2.78 bits per heavy atom. The Labute approximate surface area is 138 Å². The van der Waals surface area contributed by atoms with E-state index in [1.54, 1.807) is 0 Å². The van der Waals surface area contributed by atoms with Gasteiger partial charge in [0, 0.05) is 11.8 Å². The molecule has 1 saturated carbocycles. The van der Waals surface area contributed by atoms with Crippen LogP contribution in [0.4, 0.5) is 0 Å². The number of hydrogen-bond acceptors (Lipinski definition) is 4. The van der Waals surface area contributed by atoms with E-state index in [9.17, 15) is 9.59 Å². The van der Waals surface area contributed by atoms with Gasteiger partial charge in [0.1, 0.15) is 6.10 Å². The van der Waals surface area contributed by atoms with Crippen molar-refractivity contribution in [3.63, 3.8) is 0 Å². The number of methoxy groups -OCH3 is 1. The molecule has 0 aromatic carbocycles. The number of hydrogen-bond donors (Lipinski definition) is 0. The lowest BCUT2D eigenvalue weighted by molar-refractivity contribution is -0.150. The van der Waals surface area contributed by atoms with Crippen molar-refractivity contribution in [1.82, 2.24) is 0 Å². The standard InChI is InChI=1S/C19H26O4/c1-12(2)15-11-19(4)13(3)17(23-18(21)8-9-22-5)7-6-14(19)10-16(15)20/h8-10,13,15,17H,1,6-7,11H2,2-5H3. The molecule has 23 heavy (non-hydrogen) atoms. The number of rotatable bonds is 4. The predicted molar refractivity (Wildman–Crippen MR) is 88.5 cm³/mol. The lowest BCUT2D eigenvalue weighted by atomic mass is 9.57. The molecule has 4 unspecified atom stereocenters. The van der Waals surface area contributed by atoms with Crippen molar-refractivity contribution in [2.75, 3.05) is 7.11 Å². The van der Waals surface area contributed by atoms with Crippen molar-refractivity contribution < 1.29 is 19.1 Å². The first-order valence-corrected chi connectivity index (χ1v) is 8.10. The maximum atomic E-state index is 12.3. The molecular formula is C19H26O4. The first-order valence-electron chi connectivity index (χ1n) is 8.10. The highest BCUT2D eigenvalue weighted by Crippen LogP contribution is 2.52. The second-order valence-corrected chi connectivity index (χ2v) is 6.93. The van der Waals surface area contributed by atoms with Crippen LogP contribution in [-0.2, 0) is 19.1 Å². The summed E-state index contributed by atoms with van der Waals surface area (Å²) in [6.45, 7) is 10.2. The second-order valence-electron chi connectivity index (χ2n) is 6.93. The molecule has 126 valence electrons. The second kappa shape index (κ2) is 6.73. The maximum Gasteiger partial charge on any atom is 0.334 e. The van der Waals surface area contributed by atoms with Crippen LogP contribution in [0.1, 0.15) is 40.0 Å². The predicted octanol–water partition coefficient (Wildman–Crippen LogP) is 3.59. The molecule has 2 aliphatic carbocycles. The third kappa shape index (κ3) is 3.41. The van der Waals surface area contributed by atoms with Gasteiger partial charge in [-0.25, -0.2) is 4.79 Å².